The van der Waals surface area contributed by atoms with Crippen LogP contribution in [0, 0.1) is 6.92 Å². The average Bonchev–Trinajstić information content (AvgIpc) is 3.09. The van der Waals surface area contributed by atoms with Gasteiger partial charge in [-0.05, 0) is 26.1 Å². The van der Waals surface area contributed by atoms with Crippen molar-refractivity contribution in [3.63, 3.8) is 0 Å². The summed E-state index contributed by atoms with van der Waals surface area (Å²) in [6.07, 6.45) is 1.70. The summed E-state index contributed by atoms with van der Waals surface area (Å²) in [4.78, 5) is 14.8. The molecule has 0 amide bonds. The zero-order chi connectivity index (χ0) is 14.7. The van der Waals surface area contributed by atoms with Crippen LogP contribution in [0.5, 0.6) is 0 Å². The summed E-state index contributed by atoms with van der Waals surface area (Å²) >= 11 is 0. The number of pyridine rings is 1. The van der Waals surface area contributed by atoms with Gasteiger partial charge in [0.2, 0.25) is 11.7 Å². The molecule has 0 atom stereocenters. The Morgan fingerprint density at radius 3 is 2.86 bits per heavy atom. The molecule has 3 heterocycles. The second-order valence-electron chi connectivity index (χ2n) is 4.74. The van der Waals surface area contributed by atoms with Gasteiger partial charge in [0, 0.05) is 6.20 Å². The van der Waals surface area contributed by atoms with E-state index in [4.69, 9.17) is 4.52 Å². The highest BCUT2D eigenvalue weighted by molar-refractivity contribution is 5.46. The van der Waals surface area contributed by atoms with Crippen LogP contribution in [0.3, 0.4) is 0 Å². The van der Waals surface area contributed by atoms with Crippen LogP contribution >= 0.6 is 0 Å². The van der Waals surface area contributed by atoms with Crippen LogP contribution in [-0.2, 0) is 13.1 Å². The predicted octanol–water partition coefficient (Wildman–Crippen LogP) is 1.19. The molecule has 3 aromatic rings. The number of nitrogens with zero attached hydrogens (tertiary/aromatic N) is 6. The van der Waals surface area contributed by atoms with Crippen molar-refractivity contribution in [2.24, 2.45) is 0 Å². The highest BCUT2D eigenvalue weighted by atomic mass is 16.5. The van der Waals surface area contributed by atoms with Gasteiger partial charge in [-0.25, -0.2) is 4.98 Å². The Kier molecular flexibility index (Phi) is 3.69. The van der Waals surface area contributed by atoms with E-state index in [9.17, 15) is 0 Å². The highest BCUT2D eigenvalue weighted by Crippen LogP contribution is 2.13. The minimum absolute atomic E-state index is 0.493. The zero-order valence-corrected chi connectivity index (χ0v) is 11.8. The van der Waals surface area contributed by atoms with Crippen molar-refractivity contribution in [1.82, 2.24) is 35.2 Å². The van der Waals surface area contributed by atoms with Crippen LogP contribution in [-0.4, -0.2) is 42.3 Å². The van der Waals surface area contributed by atoms with Crippen molar-refractivity contribution in [2.45, 2.75) is 20.0 Å². The van der Waals surface area contributed by atoms with Gasteiger partial charge in [0.25, 0.3) is 0 Å². The molecule has 0 aromatic carbocycles. The van der Waals surface area contributed by atoms with E-state index < -0.39 is 0 Å². The van der Waals surface area contributed by atoms with Gasteiger partial charge in [0.05, 0.1) is 13.1 Å². The number of aryl methyl sites for hydroxylation is 1. The lowest BCUT2D eigenvalue weighted by Crippen LogP contribution is -2.18. The maximum absolute atomic E-state index is 5.24. The van der Waals surface area contributed by atoms with Crippen molar-refractivity contribution in [3.05, 3.63) is 41.9 Å². The first-order chi connectivity index (χ1) is 10.2. The van der Waals surface area contributed by atoms with Crippen molar-refractivity contribution < 1.29 is 4.52 Å². The van der Waals surface area contributed by atoms with Gasteiger partial charge in [0.1, 0.15) is 11.5 Å². The van der Waals surface area contributed by atoms with Gasteiger partial charge in [-0.1, -0.05) is 11.2 Å². The number of aromatic nitrogens is 6. The van der Waals surface area contributed by atoms with Crippen molar-refractivity contribution in [1.29, 1.82) is 0 Å². The molecular formula is C13H15N7O. The van der Waals surface area contributed by atoms with Gasteiger partial charge in [-0.3, -0.25) is 15.0 Å². The van der Waals surface area contributed by atoms with E-state index in [1.807, 2.05) is 37.1 Å². The van der Waals surface area contributed by atoms with Crippen LogP contribution in [0.25, 0.3) is 11.5 Å². The van der Waals surface area contributed by atoms with E-state index in [1.165, 1.54) is 0 Å². The van der Waals surface area contributed by atoms with Crippen LogP contribution < -0.4 is 0 Å². The minimum Gasteiger partial charge on any atom is -0.337 e. The topological polar surface area (TPSA) is 96.6 Å². The first kappa shape index (κ1) is 13.4. The molecule has 21 heavy (non-hydrogen) atoms. The van der Waals surface area contributed by atoms with Crippen LogP contribution in [0.2, 0.25) is 0 Å². The summed E-state index contributed by atoms with van der Waals surface area (Å²) in [6.45, 7) is 2.99. The van der Waals surface area contributed by atoms with E-state index >= 15 is 0 Å². The molecule has 0 aliphatic rings. The lowest BCUT2D eigenvalue weighted by molar-refractivity contribution is 0.256. The first-order valence-corrected chi connectivity index (χ1v) is 6.51. The molecule has 0 spiro atoms. The number of aromatic amines is 1. The van der Waals surface area contributed by atoms with E-state index in [0.29, 0.717) is 30.5 Å². The third-order valence-electron chi connectivity index (χ3n) is 2.82. The Bertz CT molecular complexity index is 706. The summed E-state index contributed by atoms with van der Waals surface area (Å²) in [7, 11) is 1.94. The highest BCUT2D eigenvalue weighted by Gasteiger charge is 2.12. The Morgan fingerprint density at radius 1 is 1.24 bits per heavy atom. The SMILES string of the molecule is Cc1nc(CN(C)Cc2nc(-c3ccccn3)no2)n[nH]1. The second kappa shape index (κ2) is 5.80. The molecule has 0 bridgehead atoms. The van der Waals surface area contributed by atoms with E-state index in [1.54, 1.807) is 6.20 Å². The molecule has 8 nitrogen and oxygen atoms in total. The molecule has 3 aromatic heterocycles. The maximum Gasteiger partial charge on any atom is 0.241 e. The Labute approximate surface area is 121 Å². The lowest BCUT2D eigenvalue weighted by Gasteiger charge is -2.10. The molecule has 1 N–H and O–H groups in total. The third-order valence-corrected chi connectivity index (χ3v) is 2.82. The molecule has 0 radical (unpaired) electrons. The van der Waals surface area contributed by atoms with Gasteiger partial charge < -0.3 is 4.52 Å². The Morgan fingerprint density at radius 2 is 2.14 bits per heavy atom. The zero-order valence-electron chi connectivity index (χ0n) is 11.8. The Hall–Kier alpha value is -2.61. The van der Waals surface area contributed by atoms with Crippen LogP contribution in [0.15, 0.2) is 28.9 Å². The van der Waals surface area contributed by atoms with Crippen molar-refractivity contribution in [2.75, 3.05) is 7.05 Å². The second-order valence-corrected chi connectivity index (χ2v) is 4.74. The van der Waals surface area contributed by atoms with Gasteiger partial charge in [-0.15, -0.1) is 0 Å². The van der Waals surface area contributed by atoms with E-state index in [-0.39, 0.29) is 0 Å². The van der Waals surface area contributed by atoms with Gasteiger partial charge in [0.15, 0.2) is 5.82 Å². The summed E-state index contributed by atoms with van der Waals surface area (Å²) < 4.78 is 5.24. The quantitative estimate of drug-likeness (QED) is 0.752. The number of nitrogens with one attached hydrogen (secondary N) is 1. The van der Waals surface area contributed by atoms with Gasteiger partial charge in [-0.2, -0.15) is 10.1 Å². The average molecular weight is 285 g/mol. The molecule has 0 fully saturated rings. The maximum atomic E-state index is 5.24. The number of hydrogen-bond acceptors (Lipinski definition) is 7. The molecule has 0 unspecified atom stereocenters. The van der Waals surface area contributed by atoms with Crippen molar-refractivity contribution >= 4 is 0 Å². The summed E-state index contributed by atoms with van der Waals surface area (Å²) in [5.74, 6) is 2.56. The summed E-state index contributed by atoms with van der Waals surface area (Å²) in [6, 6.07) is 5.57. The molecule has 0 saturated heterocycles. The monoisotopic (exact) mass is 285 g/mol. The number of hydrogen-bond donors (Lipinski definition) is 1. The van der Waals surface area contributed by atoms with Gasteiger partial charge >= 0.3 is 0 Å². The number of H-pyrrole nitrogens is 1. The normalized spacial score (nSPS) is 11.2. The fourth-order valence-corrected chi connectivity index (χ4v) is 1.91. The first-order valence-electron chi connectivity index (χ1n) is 6.51. The van der Waals surface area contributed by atoms with E-state index in [2.05, 4.69) is 30.3 Å². The molecule has 0 aliphatic heterocycles. The molecule has 3 rings (SSSR count). The fourth-order valence-electron chi connectivity index (χ4n) is 1.91. The van der Waals surface area contributed by atoms with E-state index in [0.717, 1.165) is 11.6 Å². The van der Waals surface area contributed by atoms with Crippen LogP contribution in [0.4, 0.5) is 0 Å². The molecular weight excluding hydrogens is 270 g/mol. The van der Waals surface area contributed by atoms with Crippen molar-refractivity contribution in [3.8, 4) is 11.5 Å². The number of rotatable bonds is 5. The smallest absolute Gasteiger partial charge is 0.241 e. The van der Waals surface area contributed by atoms with Crippen LogP contribution in [0.1, 0.15) is 17.5 Å². The third kappa shape index (κ3) is 3.29. The molecule has 0 saturated carbocycles. The predicted molar refractivity (Wildman–Crippen MR) is 73.8 cm³/mol. The lowest BCUT2D eigenvalue weighted by atomic mass is 10.3. The fraction of sp³-hybridized carbons (Fsp3) is 0.308. The standard InChI is InChI=1S/C13H15N7O/c1-9-15-11(18-17-9)7-20(2)8-12-16-13(19-21-12)10-5-3-4-6-14-10/h3-6H,7-8H2,1-2H3,(H,15,17,18). The molecule has 8 heteroatoms. The molecule has 0 aliphatic carbocycles. The summed E-state index contributed by atoms with van der Waals surface area (Å²) in [5.41, 5.74) is 0.694. The minimum atomic E-state index is 0.493. The molecule has 108 valence electrons. The largest absolute Gasteiger partial charge is 0.337 e. The summed E-state index contributed by atoms with van der Waals surface area (Å²) in [5, 5.41) is 10.8. The Balaban J connectivity index is 1.64.